The number of carbonyl (C=O) groups is 1. The zero-order valence-corrected chi connectivity index (χ0v) is 15.7. The average molecular weight is 383 g/mol. The van der Waals surface area contributed by atoms with Crippen LogP contribution >= 0.6 is 11.6 Å². The predicted molar refractivity (Wildman–Crippen MR) is 97.7 cm³/mol. The summed E-state index contributed by atoms with van der Waals surface area (Å²) in [5.74, 6) is -0.287. The molecule has 0 saturated heterocycles. The van der Waals surface area contributed by atoms with E-state index in [9.17, 15) is 13.2 Å². The van der Waals surface area contributed by atoms with E-state index in [1.807, 2.05) is 6.92 Å². The van der Waals surface area contributed by atoms with Crippen LogP contribution in [0.3, 0.4) is 0 Å². The molecule has 25 heavy (non-hydrogen) atoms. The van der Waals surface area contributed by atoms with Gasteiger partial charge in [0.05, 0.1) is 13.7 Å². The Labute approximate surface area is 152 Å². The second-order valence-electron chi connectivity index (χ2n) is 5.49. The Bertz CT molecular complexity index is 898. The zero-order chi connectivity index (χ0) is 18.6. The molecule has 0 aromatic heterocycles. The minimum atomic E-state index is -3.89. The molecule has 0 fully saturated rings. The second-order valence-corrected chi connectivity index (χ2v) is 7.66. The third-order valence-electron chi connectivity index (χ3n) is 3.51. The monoisotopic (exact) mass is 382 g/mol. The molecule has 2 aromatic carbocycles. The van der Waals surface area contributed by atoms with E-state index in [1.165, 1.54) is 13.2 Å². The van der Waals surface area contributed by atoms with Gasteiger partial charge in [-0.2, -0.15) is 0 Å². The van der Waals surface area contributed by atoms with Crippen molar-refractivity contribution in [1.29, 1.82) is 0 Å². The molecule has 0 aliphatic heterocycles. The number of anilines is 1. The van der Waals surface area contributed by atoms with E-state index in [-0.39, 0.29) is 10.6 Å². The maximum Gasteiger partial charge on any atom is 0.244 e. The summed E-state index contributed by atoms with van der Waals surface area (Å²) in [5, 5.41) is 3.11. The fraction of sp³-hybridized carbons (Fsp3) is 0.235. The Morgan fingerprint density at radius 3 is 2.56 bits per heavy atom. The Morgan fingerprint density at radius 1 is 1.16 bits per heavy atom. The summed E-state index contributed by atoms with van der Waals surface area (Å²) in [4.78, 5) is 12.1. The molecule has 134 valence electrons. The molecule has 0 aliphatic carbocycles. The number of methoxy groups -OCH3 is 1. The van der Waals surface area contributed by atoms with Crippen molar-refractivity contribution >= 4 is 33.2 Å². The number of carbonyl (C=O) groups excluding carboxylic acids is 1. The molecule has 0 atom stereocenters. The van der Waals surface area contributed by atoms with Crippen molar-refractivity contribution in [3.8, 4) is 5.75 Å². The minimum absolute atomic E-state index is 0.0123. The number of hydrogen-bond acceptors (Lipinski definition) is 4. The van der Waals surface area contributed by atoms with Crippen molar-refractivity contribution in [3.63, 3.8) is 0 Å². The first kappa shape index (κ1) is 19.2. The first-order chi connectivity index (χ1) is 11.7. The lowest BCUT2D eigenvalue weighted by Gasteiger charge is -2.12. The average Bonchev–Trinajstić information content (AvgIpc) is 2.56. The molecule has 0 saturated carbocycles. The largest absolute Gasteiger partial charge is 0.495 e. The van der Waals surface area contributed by atoms with Gasteiger partial charge in [0.1, 0.15) is 10.6 Å². The lowest BCUT2D eigenvalue weighted by atomic mass is 10.2. The van der Waals surface area contributed by atoms with Gasteiger partial charge in [-0.05, 0) is 49.2 Å². The van der Waals surface area contributed by atoms with E-state index in [0.29, 0.717) is 10.7 Å². The first-order valence-corrected chi connectivity index (χ1v) is 9.29. The predicted octanol–water partition coefficient (Wildman–Crippen LogP) is 2.88. The second kappa shape index (κ2) is 7.86. The molecule has 8 heteroatoms. The smallest absolute Gasteiger partial charge is 0.244 e. The number of amides is 1. The lowest BCUT2D eigenvalue weighted by molar-refractivity contribution is -0.115. The molecule has 6 nitrogen and oxygen atoms in total. The van der Waals surface area contributed by atoms with Crippen LogP contribution in [0.5, 0.6) is 5.75 Å². The van der Waals surface area contributed by atoms with Crippen molar-refractivity contribution < 1.29 is 17.9 Å². The molecule has 0 spiro atoms. The molecular weight excluding hydrogens is 364 g/mol. The summed E-state index contributed by atoms with van der Waals surface area (Å²) in [6.07, 6.45) is 0. The van der Waals surface area contributed by atoms with Crippen LogP contribution in [0.25, 0.3) is 0 Å². The van der Waals surface area contributed by atoms with Crippen molar-refractivity contribution in [2.24, 2.45) is 0 Å². The van der Waals surface area contributed by atoms with E-state index < -0.39 is 22.5 Å². The van der Waals surface area contributed by atoms with Crippen molar-refractivity contribution in [2.75, 3.05) is 19.0 Å². The van der Waals surface area contributed by atoms with Crippen LogP contribution in [0.15, 0.2) is 41.3 Å². The Morgan fingerprint density at radius 2 is 1.88 bits per heavy atom. The molecule has 1 amide bonds. The quantitative estimate of drug-likeness (QED) is 0.804. The summed E-state index contributed by atoms with van der Waals surface area (Å²) < 4.78 is 32.3. The standard InChI is InChI=1S/C17H19ClN2O4S/c1-11-4-7-15(24-3)16(8-11)25(22,23)19-10-17(21)20-14-9-13(18)6-5-12(14)2/h4-9,19H,10H2,1-3H3,(H,20,21). The van der Waals surface area contributed by atoms with Gasteiger partial charge < -0.3 is 10.1 Å². The van der Waals surface area contributed by atoms with E-state index in [0.717, 1.165) is 11.1 Å². The first-order valence-electron chi connectivity index (χ1n) is 7.43. The fourth-order valence-electron chi connectivity index (χ4n) is 2.16. The van der Waals surface area contributed by atoms with Gasteiger partial charge in [0.25, 0.3) is 0 Å². The topological polar surface area (TPSA) is 84.5 Å². The van der Waals surface area contributed by atoms with E-state index in [2.05, 4.69) is 10.0 Å². The van der Waals surface area contributed by atoms with Gasteiger partial charge in [-0.3, -0.25) is 4.79 Å². The fourth-order valence-corrected chi connectivity index (χ4v) is 3.56. The Balaban J connectivity index is 2.10. The highest BCUT2D eigenvalue weighted by Crippen LogP contribution is 2.24. The molecular formula is C17H19ClN2O4S. The molecule has 0 bridgehead atoms. The number of nitrogens with one attached hydrogen (secondary N) is 2. The van der Waals surface area contributed by atoms with Crippen LogP contribution < -0.4 is 14.8 Å². The molecule has 2 rings (SSSR count). The molecule has 2 aromatic rings. The van der Waals surface area contributed by atoms with E-state index in [1.54, 1.807) is 37.3 Å². The van der Waals surface area contributed by atoms with Crippen molar-refractivity contribution in [1.82, 2.24) is 4.72 Å². The Kier molecular flexibility index (Phi) is 6.05. The van der Waals surface area contributed by atoms with Gasteiger partial charge >= 0.3 is 0 Å². The van der Waals surface area contributed by atoms with Gasteiger partial charge in [-0.25, -0.2) is 13.1 Å². The third kappa shape index (κ3) is 4.94. The minimum Gasteiger partial charge on any atom is -0.495 e. The summed E-state index contributed by atoms with van der Waals surface area (Å²) in [5.41, 5.74) is 2.12. The maximum absolute atomic E-state index is 12.4. The number of sulfonamides is 1. The third-order valence-corrected chi connectivity index (χ3v) is 5.16. The summed E-state index contributed by atoms with van der Waals surface area (Å²) in [7, 11) is -2.51. The molecule has 0 aliphatic rings. The number of aryl methyl sites for hydroxylation is 2. The maximum atomic E-state index is 12.4. The van der Waals surface area contributed by atoms with Crippen molar-refractivity contribution in [3.05, 3.63) is 52.5 Å². The number of ether oxygens (including phenoxy) is 1. The van der Waals surface area contributed by atoms with Gasteiger partial charge in [0, 0.05) is 10.7 Å². The SMILES string of the molecule is COc1ccc(C)cc1S(=O)(=O)NCC(=O)Nc1cc(Cl)ccc1C. The molecule has 0 heterocycles. The van der Waals surface area contributed by atoms with Gasteiger partial charge in [0.2, 0.25) is 15.9 Å². The van der Waals surface area contributed by atoms with Gasteiger partial charge in [-0.1, -0.05) is 23.7 Å². The van der Waals surface area contributed by atoms with Crippen LogP contribution in [0.2, 0.25) is 5.02 Å². The van der Waals surface area contributed by atoms with Crippen LogP contribution in [0.1, 0.15) is 11.1 Å². The van der Waals surface area contributed by atoms with Crippen LogP contribution in [-0.4, -0.2) is 28.0 Å². The lowest BCUT2D eigenvalue weighted by Crippen LogP contribution is -2.33. The molecule has 2 N–H and O–H groups in total. The highest BCUT2D eigenvalue weighted by Gasteiger charge is 2.20. The number of halogens is 1. The highest BCUT2D eigenvalue weighted by atomic mass is 35.5. The number of benzene rings is 2. The van der Waals surface area contributed by atoms with Gasteiger partial charge in [0.15, 0.2) is 0 Å². The highest BCUT2D eigenvalue weighted by molar-refractivity contribution is 7.89. The van der Waals surface area contributed by atoms with Crippen LogP contribution in [0.4, 0.5) is 5.69 Å². The number of rotatable bonds is 6. The van der Waals surface area contributed by atoms with Crippen molar-refractivity contribution in [2.45, 2.75) is 18.7 Å². The van der Waals surface area contributed by atoms with E-state index in [4.69, 9.17) is 16.3 Å². The normalized spacial score (nSPS) is 11.2. The number of hydrogen-bond donors (Lipinski definition) is 2. The Hall–Kier alpha value is -2.09. The van der Waals surface area contributed by atoms with Crippen LogP contribution in [-0.2, 0) is 14.8 Å². The summed E-state index contributed by atoms with van der Waals surface area (Å²) >= 11 is 5.90. The summed E-state index contributed by atoms with van der Waals surface area (Å²) in [6, 6.07) is 9.87. The van der Waals surface area contributed by atoms with E-state index >= 15 is 0 Å². The zero-order valence-electron chi connectivity index (χ0n) is 14.1. The molecule has 0 radical (unpaired) electrons. The summed E-state index contributed by atoms with van der Waals surface area (Å²) in [6.45, 7) is 3.17. The van der Waals surface area contributed by atoms with Gasteiger partial charge in [-0.15, -0.1) is 0 Å². The molecule has 0 unspecified atom stereocenters. The van der Waals surface area contributed by atoms with Crippen LogP contribution in [0, 0.1) is 13.8 Å².